The van der Waals surface area contributed by atoms with E-state index in [1.807, 2.05) is 23.9 Å². The molecule has 0 heterocycles. The molecular weight excluding hydrogens is 282 g/mol. The summed E-state index contributed by atoms with van der Waals surface area (Å²) >= 11 is 7.82. The molecule has 0 amide bonds. The highest BCUT2D eigenvalue weighted by Crippen LogP contribution is 2.22. The zero-order chi connectivity index (χ0) is 13.9. The number of rotatable bonds is 10. The normalized spacial score (nSPS) is 12.4. The predicted molar refractivity (Wildman–Crippen MR) is 83.4 cm³/mol. The molecule has 0 aliphatic carbocycles. The Bertz CT molecular complexity index is 352. The fraction of sp³-hybridized carbons (Fsp3) is 0.571. The Kier molecular flexibility index (Phi) is 9.08. The van der Waals surface area contributed by atoms with E-state index >= 15 is 0 Å². The number of hydrogen-bond acceptors (Lipinski definition) is 4. The minimum absolute atomic E-state index is 0.252. The van der Waals surface area contributed by atoms with Gasteiger partial charge in [-0.3, -0.25) is 0 Å². The number of hydrogen-bond donors (Lipinski definition) is 2. The Morgan fingerprint density at radius 1 is 1.37 bits per heavy atom. The highest BCUT2D eigenvalue weighted by Gasteiger charge is 2.06. The van der Waals surface area contributed by atoms with Crippen LogP contribution < -0.4 is 10.1 Å². The summed E-state index contributed by atoms with van der Waals surface area (Å²) in [6.45, 7) is 1.73. The zero-order valence-corrected chi connectivity index (χ0v) is 12.8. The minimum atomic E-state index is -0.517. The fourth-order valence-corrected chi connectivity index (χ4v) is 2.25. The number of unbranched alkanes of at least 4 members (excludes halogenated alkanes) is 1. The minimum Gasteiger partial charge on any atom is -0.489 e. The van der Waals surface area contributed by atoms with Crippen LogP contribution in [0.5, 0.6) is 5.75 Å². The van der Waals surface area contributed by atoms with Gasteiger partial charge in [0.2, 0.25) is 0 Å². The Morgan fingerprint density at radius 3 is 2.89 bits per heavy atom. The number of aliphatic hydroxyl groups is 1. The summed E-state index contributed by atoms with van der Waals surface area (Å²) in [6, 6.07) is 7.28. The number of thioether (sulfide) groups is 1. The van der Waals surface area contributed by atoms with Crippen molar-refractivity contribution in [3.63, 3.8) is 0 Å². The van der Waals surface area contributed by atoms with Crippen LogP contribution in [-0.4, -0.2) is 42.9 Å². The molecule has 5 heteroatoms. The number of benzene rings is 1. The molecule has 0 radical (unpaired) electrons. The Balaban J connectivity index is 2.08. The van der Waals surface area contributed by atoms with Crippen molar-refractivity contribution in [2.45, 2.75) is 18.9 Å². The van der Waals surface area contributed by atoms with Crippen LogP contribution in [0.3, 0.4) is 0 Å². The molecule has 0 aliphatic heterocycles. The van der Waals surface area contributed by atoms with E-state index in [0.29, 0.717) is 17.3 Å². The van der Waals surface area contributed by atoms with E-state index in [1.54, 1.807) is 12.1 Å². The Hall–Kier alpha value is -0.420. The summed E-state index contributed by atoms with van der Waals surface area (Å²) in [5.74, 6) is 1.81. The Labute approximate surface area is 124 Å². The molecule has 1 rings (SSSR count). The first kappa shape index (κ1) is 16.6. The highest BCUT2D eigenvalue weighted by atomic mass is 35.5. The van der Waals surface area contributed by atoms with Gasteiger partial charge in [-0.25, -0.2) is 0 Å². The molecule has 0 spiro atoms. The molecule has 0 aromatic heterocycles. The van der Waals surface area contributed by atoms with Crippen molar-refractivity contribution in [1.82, 2.24) is 5.32 Å². The molecule has 3 nitrogen and oxygen atoms in total. The second-order valence-corrected chi connectivity index (χ2v) is 5.69. The number of nitrogens with one attached hydrogen (secondary N) is 1. The van der Waals surface area contributed by atoms with Crippen molar-refractivity contribution in [3.8, 4) is 5.75 Å². The predicted octanol–water partition coefficient (Wildman–Crippen LogP) is 2.81. The quantitative estimate of drug-likeness (QED) is 0.652. The molecule has 108 valence electrons. The van der Waals surface area contributed by atoms with E-state index in [9.17, 15) is 5.11 Å². The monoisotopic (exact) mass is 303 g/mol. The van der Waals surface area contributed by atoms with E-state index in [-0.39, 0.29) is 6.61 Å². The van der Waals surface area contributed by atoms with Gasteiger partial charge in [-0.2, -0.15) is 11.8 Å². The van der Waals surface area contributed by atoms with E-state index in [0.717, 1.165) is 13.0 Å². The van der Waals surface area contributed by atoms with Crippen molar-refractivity contribution in [2.75, 3.05) is 31.7 Å². The molecule has 0 saturated carbocycles. The fourth-order valence-electron chi connectivity index (χ4n) is 1.57. The standard InChI is InChI=1S/C14H22ClNO2S/c1-19-9-5-4-8-16-10-12(17)11-18-14-7-3-2-6-13(14)15/h2-3,6-7,12,16-17H,4-5,8-11H2,1H3. The molecule has 1 aromatic rings. The summed E-state index contributed by atoms with van der Waals surface area (Å²) in [5, 5.41) is 13.6. The van der Waals surface area contributed by atoms with Crippen LogP contribution >= 0.6 is 23.4 Å². The van der Waals surface area contributed by atoms with Gasteiger partial charge in [0.15, 0.2) is 0 Å². The van der Waals surface area contributed by atoms with Gasteiger partial charge in [0, 0.05) is 6.54 Å². The summed E-state index contributed by atoms with van der Waals surface area (Å²) in [7, 11) is 0. The molecule has 19 heavy (non-hydrogen) atoms. The Morgan fingerprint density at radius 2 is 2.16 bits per heavy atom. The molecule has 1 unspecified atom stereocenters. The summed E-state index contributed by atoms with van der Waals surface area (Å²) in [4.78, 5) is 0. The van der Waals surface area contributed by atoms with Gasteiger partial charge in [-0.15, -0.1) is 0 Å². The van der Waals surface area contributed by atoms with Crippen molar-refractivity contribution in [2.24, 2.45) is 0 Å². The van der Waals surface area contributed by atoms with Crippen LogP contribution in [0.2, 0.25) is 5.02 Å². The third kappa shape index (κ3) is 7.67. The van der Waals surface area contributed by atoms with Crippen molar-refractivity contribution in [1.29, 1.82) is 0 Å². The first-order valence-corrected chi connectivity index (χ1v) is 8.26. The maximum atomic E-state index is 9.77. The number of para-hydroxylation sites is 1. The van der Waals surface area contributed by atoms with E-state index in [4.69, 9.17) is 16.3 Å². The first-order chi connectivity index (χ1) is 9.24. The largest absolute Gasteiger partial charge is 0.489 e. The van der Waals surface area contributed by atoms with Gasteiger partial charge in [0.1, 0.15) is 18.5 Å². The van der Waals surface area contributed by atoms with E-state index in [2.05, 4.69) is 11.6 Å². The van der Waals surface area contributed by atoms with Crippen LogP contribution in [0, 0.1) is 0 Å². The van der Waals surface area contributed by atoms with Gasteiger partial charge in [-0.05, 0) is 43.5 Å². The van der Waals surface area contributed by atoms with Gasteiger partial charge in [0.05, 0.1) is 5.02 Å². The lowest BCUT2D eigenvalue weighted by molar-refractivity contribution is 0.106. The first-order valence-electron chi connectivity index (χ1n) is 6.49. The molecule has 2 N–H and O–H groups in total. The van der Waals surface area contributed by atoms with Crippen molar-refractivity contribution >= 4 is 23.4 Å². The van der Waals surface area contributed by atoms with Crippen molar-refractivity contribution in [3.05, 3.63) is 29.3 Å². The summed E-state index contributed by atoms with van der Waals surface area (Å²) < 4.78 is 5.47. The lowest BCUT2D eigenvalue weighted by atomic mass is 10.3. The SMILES string of the molecule is CSCCCCNCC(O)COc1ccccc1Cl. The maximum Gasteiger partial charge on any atom is 0.138 e. The summed E-state index contributed by atoms with van der Waals surface area (Å²) in [6.07, 6.45) is 3.94. The molecule has 0 saturated heterocycles. The highest BCUT2D eigenvalue weighted by molar-refractivity contribution is 7.98. The number of ether oxygens (including phenoxy) is 1. The third-order valence-electron chi connectivity index (χ3n) is 2.60. The molecule has 1 aromatic carbocycles. The lowest BCUT2D eigenvalue weighted by Gasteiger charge is -2.13. The van der Waals surface area contributed by atoms with Gasteiger partial charge >= 0.3 is 0 Å². The topological polar surface area (TPSA) is 41.5 Å². The number of halogens is 1. The number of aliphatic hydroxyl groups excluding tert-OH is 1. The van der Waals surface area contributed by atoms with Crippen LogP contribution in [0.15, 0.2) is 24.3 Å². The maximum absolute atomic E-state index is 9.77. The average Bonchev–Trinajstić information content (AvgIpc) is 2.42. The molecule has 0 bridgehead atoms. The van der Waals surface area contributed by atoms with Gasteiger partial charge in [0.25, 0.3) is 0 Å². The van der Waals surface area contributed by atoms with Crippen LogP contribution in [-0.2, 0) is 0 Å². The second-order valence-electron chi connectivity index (χ2n) is 4.30. The molecular formula is C14H22ClNO2S. The van der Waals surface area contributed by atoms with Crippen molar-refractivity contribution < 1.29 is 9.84 Å². The molecule has 0 aliphatic rings. The van der Waals surface area contributed by atoms with Crippen LogP contribution in [0.1, 0.15) is 12.8 Å². The smallest absolute Gasteiger partial charge is 0.138 e. The molecule has 1 atom stereocenters. The third-order valence-corrected chi connectivity index (χ3v) is 3.61. The molecule has 0 fully saturated rings. The van der Waals surface area contributed by atoms with Gasteiger partial charge < -0.3 is 15.2 Å². The summed E-state index contributed by atoms with van der Waals surface area (Å²) in [5.41, 5.74) is 0. The zero-order valence-electron chi connectivity index (χ0n) is 11.3. The van der Waals surface area contributed by atoms with E-state index in [1.165, 1.54) is 12.2 Å². The van der Waals surface area contributed by atoms with E-state index < -0.39 is 6.10 Å². The second kappa shape index (κ2) is 10.4. The van der Waals surface area contributed by atoms with Crippen LogP contribution in [0.25, 0.3) is 0 Å². The average molecular weight is 304 g/mol. The lowest BCUT2D eigenvalue weighted by Crippen LogP contribution is -2.32. The van der Waals surface area contributed by atoms with Gasteiger partial charge in [-0.1, -0.05) is 23.7 Å². The van der Waals surface area contributed by atoms with Crippen LogP contribution in [0.4, 0.5) is 0 Å².